The van der Waals surface area contributed by atoms with Gasteiger partial charge in [0.25, 0.3) is 0 Å². The van der Waals surface area contributed by atoms with E-state index in [9.17, 15) is 0 Å². The summed E-state index contributed by atoms with van der Waals surface area (Å²) in [5.74, 6) is 1.66. The maximum absolute atomic E-state index is 5.45. The molecule has 0 saturated carbocycles. The molecule has 0 aliphatic heterocycles. The molecule has 280 valence electrons. The summed E-state index contributed by atoms with van der Waals surface area (Å²) in [5, 5.41) is 0. The molecule has 2 nitrogen and oxygen atoms in total. The van der Waals surface area contributed by atoms with Gasteiger partial charge in [0.15, 0.2) is 0 Å². The van der Waals surface area contributed by atoms with Crippen LogP contribution in [0.25, 0.3) is 47.6 Å². The van der Waals surface area contributed by atoms with Crippen molar-refractivity contribution in [1.29, 1.82) is 0 Å². The fourth-order valence-electron chi connectivity index (χ4n) is 6.58. The summed E-state index contributed by atoms with van der Waals surface area (Å²) >= 11 is 10.9. The van der Waals surface area contributed by atoms with E-state index in [0.717, 1.165) is 91.7 Å². The third-order valence-corrected chi connectivity index (χ3v) is 11.0. The second-order valence-corrected chi connectivity index (χ2v) is 16.1. The minimum Gasteiger partial charge on any atom is -0.497 e. The Morgan fingerprint density at radius 3 is 0.965 bits per heavy atom. The van der Waals surface area contributed by atoms with Gasteiger partial charge in [-0.15, -0.1) is 0 Å². The van der Waals surface area contributed by atoms with E-state index in [2.05, 4.69) is 212 Å². The number of halogens is 3. The first-order valence-corrected chi connectivity index (χ1v) is 20.8. The molecule has 0 N–H and O–H groups in total. The Morgan fingerprint density at radius 2 is 0.632 bits per heavy atom. The van der Waals surface area contributed by atoms with Gasteiger partial charge in [0.2, 0.25) is 0 Å². The SMILES string of the molecule is COc1cccc(/C=C/c2cc(/C=C/c3ccc(C(=C(c4ccc(Br)cc4)c4ccc(Br)cc4)c4ccc(Br)cc4)cc3)cc(/C=C/c3cccc(OC)c3)c2)c1. The average Bonchev–Trinajstić information content (AvgIpc) is 3.25. The van der Waals surface area contributed by atoms with Crippen LogP contribution in [0.1, 0.15) is 55.6 Å². The molecule has 7 aromatic carbocycles. The molecular weight excluding hydrogens is 896 g/mol. The van der Waals surface area contributed by atoms with Crippen LogP contribution in [0.2, 0.25) is 0 Å². The van der Waals surface area contributed by atoms with Crippen LogP contribution < -0.4 is 9.47 Å². The molecule has 7 aromatic rings. The summed E-state index contributed by atoms with van der Waals surface area (Å²) in [4.78, 5) is 0. The maximum atomic E-state index is 5.45. The summed E-state index contributed by atoms with van der Waals surface area (Å²) in [6, 6.07) is 57.3. The van der Waals surface area contributed by atoms with Gasteiger partial charge in [-0.05, 0) is 146 Å². The van der Waals surface area contributed by atoms with Gasteiger partial charge in [0, 0.05) is 13.4 Å². The van der Waals surface area contributed by atoms with E-state index in [1.807, 2.05) is 36.4 Å². The van der Waals surface area contributed by atoms with Crippen molar-refractivity contribution < 1.29 is 9.47 Å². The normalized spacial score (nSPS) is 11.4. The van der Waals surface area contributed by atoms with Crippen molar-refractivity contribution in [2.45, 2.75) is 0 Å². The Labute approximate surface area is 360 Å². The van der Waals surface area contributed by atoms with E-state index in [0.29, 0.717) is 0 Å². The van der Waals surface area contributed by atoms with Crippen molar-refractivity contribution in [2.75, 3.05) is 14.2 Å². The minimum absolute atomic E-state index is 0.832. The largest absolute Gasteiger partial charge is 0.497 e. The average molecular weight is 936 g/mol. The van der Waals surface area contributed by atoms with E-state index in [4.69, 9.17) is 9.47 Å². The lowest BCUT2D eigenvalue weighted by Gasteiger charge is -2.18. The van der Waals surface area contributed by atoms with Crippen molar-refractivity contribution in [3.05, 3.63) is 233 Å². The summed E-state index contributed by atoms with van der Waals surface area (Å²) in [7, 11) is 3.38. The van der Waals surface area contributed by atoms with E-state index < -0.39 is 0 Å². The zero-order valence-electron chi connectivity index (χ0n) is 31.5. The second-order valence-electron chi connectivity index (χ2n) is 13.4. The van der Waals surface area contributed by atoms with Crippen molar-refractivity contribution in [3.63, 3.8) is 0 Å². The zero-order chi connectivity index (χ0) is 39.6. The fraction of sp³-hybridized carbons (Fsp3) is 0.0385. The first kappa shape index (κ1) is 39.8. The number of benzene rings is 7. The van der Waals surface area contributed by atoms with Gasteiger partial charge in [-0.2, -0.15) is 0 Å². The molecule has 0 saturated heterocycles. The van der Waals surface area contributed by atoms with Crippen LogP contribution in [0.15, 0.2) is 177 Å². The number of hydrogen-bond acceptors (Lipinski definition) is 2. The van der Waals surface area contributed by atoms with Crippen LogP contribution in [0.4, 0.5) is 0 Å². The van der Waals surface area contributed by atoms with Crippen molar-refractivity contribution in [2.24, 2.45) is 0 Å². The highest BCUT2D eigenvalue weighted by Gasteiger charge is 2.17. The summed E-state index contributed by atoms with van der Waals surface area (Å²) < 4.78 is 14.0. The fourth-order valence-corrected chi connectivity index (χ4v) is 7.37. The Kier molecular flexibility index (Phi) is 13.3. The molecule has 0 radical (unpaired) electrons. The Hall–Kier alpha value is -5.46. The number of hydrogen-bond donors (Lipinski definition) is 0. The van der Waals surface area contributed by atoms with Crippen molar-refractivity contribution in [3.8, 4) is 11.5 Å². The van der Waals surface area contributed by atoms with E-state index in [1.165, 1.54) is 0 Å². The molecule has 0 aromatic heterocycles. The molecule has 0 spiro atoms. The van der Waals surface area contributed by atoms with Crippen LogP contribution in [-0.4, -0.2) is 14.2 Å². The molecular formula is C52H39Br3O2. The molecule has 57 heavy (non-hydrogen) atoms. The van der Waals surface area contributed by atoms with Gasteiger partial charge >= 0.3 is 0 Å². The smallest absolute Gasteiger partial charge is 0.119 e. The highest BCUT2D eigenvalue weighted by molar-refractivity contribution is 9.11. The predicted molar refractivity (Wildman–Crippen MR) is 253 cm³/mol. The first-order valence-electron chi connectivity index (χ1n) is 18.4. The molecule has 0 atom stereocenters. The van der Waals surface area contributed by atoms with Gasteiger partial charge < -0.3 is 9.47 Å². The topological polar surface area (TPSA) is 18.5 Å². The quantitative estimate of drug-likeness (QED) is 0.114. The minimum atomic E-state index is 0.832. The van der Waals surface area contributed by atoms with E-state index in [1.54, 1.807) is 14.2 Å². The molecule has 0 unspecified atom stereocenters. The van der Waals surface area contributed by atoms with Crippen molar-refractivity contribution in [1.82, 2.24) is 0 Å². The van der Waals surface area contributed by atoms with Gasteiger partial charge in [-0.1, -0.05) is 169 Å². The molecule has 0 fully saturated rings. The molecule has 0 heterocycles. The van der Waals surface area contributed by atoms with Crippen LogP contribution >= 0.6 is 47.8 Å². The molecule has 5 heteroatoms. The van der Waals surface area contributed by atoms with Gasteiger partial charge in [-0.3, -0.25) is 0 Å². The molecule has 0 aliphatic carbocycles. The van der Waals surface area contributed by atoms with E-state index >= 15 is 0 Å². The van der Waals surface area contributed by atoms with Crippen molar-refractivity contribution >= 4 is 95.4 Å². The Balaban J connectivity index is 1.26. The van der Waals surface area contributed by atoms with Gasteiger partial charge in [-0.25, -0.2) is 0 Å². The van der Waals surface area contributed by atoms with Crippen LogP contribution in [0.5, 0.6) is 11.5 Å². The predicted octanol–water partition coefficient (Wildman–Crippen LogP) is 15.5. The molecule has 0 amide bonds. The molecule has 0 aliphatic rings. The Morgan fingerprint density at radius 1 is 0.333 bits per heavy atom. The maximum Gasteiger partial charge on any atom is 0.119 e. The monoisotopic (exact) mass is 932 g/mol. The first-order chi connectivity index (χ1) is 27.8. The zero-order valence-corrected chi connectivity index (χ0v) is 36.3. The van der Waals surface area contributed by atoms with Crippen LogP contribution in [0, 0.1) is 0 Å². The standard InChI is InChI=1S/C52H39Br3O2/c1-56-49-7-3-5-37(34-49)10-13-40-31-39(32-41(33-40)14-11-38-6-4-8-50(35-38)57-2)12-9-36-15-17-42(18-16-36)51(43-19-25-46(53)26-20-43)52(44-21-27-47(54)28-22-44)45-23-29-48(55)30-24-45/h3-35H,1-2H3/b12-9+,13-10+,14-11+. The highest BCUT2D eigenvalue weighted by Crippen LogP contribution is 2.38. The summed E-state index contributed by atoms with van der Waals surface area (Å²) in [6.07, 6.45) is 12.9. The number of ether oxygens (including phenoxy) is 2. The third-order valence-electron chi connectivity index (χ3n) is 9.44. The lowest BCUT2D eigenvalue weighted by atomic mass is 9.85. The summed E-state index contributed by atoms with van der Waals surface area (Å²) in [6.45, 7) is 0. The molecule has 0 bridgehead atoms. The Bertz CT molecular complexity index is 2460. The number of rotatable bonds is 12. The number of methoxy groups -OCH3 is 2. The van der Waals surface area contributed by atoms with Gasteiger partial charge in [0.05, 0.1) is 14.2 Å². The van der Waals surface area contributed by atoms with E-state index in [-0.39, 0.29) is 0 Å². The molecule has 7 rings (SSSR count). The lowest BCUT2D eigenvalue weighted by Crippen LogP contribution is -1.98. The third kappa shape index (κ3) is 10.7. The van der Waals surface area contributed by atoms with Crippen LogP contribution in [-0.2, 0) is 0 Å². The summed E-state index contributed by atoms with van der Waals surface area (Å²) in [5.41, 5.74) is 13.4. The van der Waals surface area contributed by atoms with Gasteiger partial charge in [0.1, 0.15) is 11.5 Å². The van der Waals surface area contributed by atoms with Crippen LogP contribution in [0.3, 0.4) is 0 Å². The second kappa shape index (κ2) is 19.1. The highest BCUT2D eigenvalue weighted by atomic mass is 79.9. The lowest BCUT2D eigenvalue weighted by molar-refractivity contribution is 0.414.